The first-order valence-electron chi connectivity index (χ1n) is 19.3. The van der Waals surface area contributed by atoms with E-state index in [-0.39, 0.29) is 36.1 Å². The summed E-state index contributed by atoms with van der Waals surface area (Å²) in [5.41, 5.74) is 5.98. The lowest BCUT2D eigenvalue weighted by Crippen LogP contribution is -2.39. The lowest BCUT2D eigenvalue weighted by atomic mass is 9.90. The number of aromatic nitrogens is 3. The normalized spacial score (nSPS) is 14.8. The van der Waals surface area contributed by atoms with Gasteiger partial charge in [-0.2, -0.15) is 10.4 Å². The summed E-state index contributed by atoms with van der Waals surface area (Å²) in [5, 5.41) is 28.5. The number of imide groups is 1. The number of rotatable bonds is 18. The Morgan fingerprint density at radius 3 is 2.40 bits per heavy atom. The highest BCUT2D eigenvalue weighted by atomic mass is 16.2. The number of hydrogen-bond acceptors (Lipinski definition) is 9. The molecule has 0 aliphatic carbocycles. The van der Waals surface area contributed by atoms with Crippen molar-refractivity contribution in [2.45, 2.75) is 57.5 Å². The van der Waals surface area contributed by atoms with Crippen molar-refractivity contribution in [2.75, 3.05) is 30.3 Å². The van der Waals surface area contributed by atoms with E-state index in [1.54, 1.807) is 41.5 Å². The van der Waals surface area contributed by atoms with E-state index >= 15 is 0 Å². The fourth-order valence-electron chi connectivity index (χ4n) is 6.66. The molecule has 57 heavy (non-hydrogen) atoms. The Kier molecular flexibility index (Phi) is 13.9. The van der Waals surface area contributed by atoms with Crippen LogP contribution in [0.25, 0.3) is 11.1 Å². The zero-order valence-corrected chi connectivity index (χ0v) is 31.9. The molecule has 3 atom stereocenters. The van der Waals surface area contributed by atoms with Crippen molar-refractivity contribution in [1.29, 1.82) is 5.26 Å². The van der Waals surface area contributed by atoms with Gasteiger partial charge in [-0.1, -0.05) is 61.5 Å². The van der Waals surface area contributed by atoms with E-state index in [0.717, 1.165) is 52.9 Å². The summed E-state index contributed by atoms with van der Waals surface area (Å²) < 4.78 is 1.59. The molecule has 3 heterocycles. The molecule has 1 saturated heterocycles. The van der Waals surface area contributed by atoms with Gasteiger partial charge in [-0.15, -0.1) is 0 Å². The Balaban J connectivity index is 0.905. The third-order valence-corrected chi connectivity index (χ3v) is 10.0. The van der Waals surface area contributed by atoms with Gasteiger partial charge >= 0.3 is 0 Å². The Labute approximate surface area is 332 Å². The summed E-state index contributed by atoms with van der Waals surface area (Å²) in [6.07, 6.45) is 8.49. The highest BCUT2D eigenvalue weighted by Gasteiger charge is 2.27. The van der Waals surface area contributed by atoms with Crippen molar-refractivity contribution < 1.29 is 19.2 Å². The van der Waals surface area contributed by atoms with Gasteiger partial charge in [-0.3, -0.25) is 29.2 Å². The zero-order chi connectivity index (χ0) is 40.0. The molecule has 1 aliphatic heterocycles. The molecule has 0 bridgehead atoms. The van der Waals surface area contributed by atoms with Crippen molar-refractivity contribution in [3.63, 3.8) is 0 Å². The third-order valence-electron chi connectivity index (χ3n) is 10.0. The lowest BCUT2D eigenvalue weighted by molar-refractivity contribution is -0.134. The molecule has 0 radical (unpaired) electrons. The number of benzene rings is 3. The first-order chi connectivity index (χ1) is 27.7. The van der Waals surface area contributed by atoms with E-state index in [4.69, 9.17) is 5.26 Å². The lowest BCUT2D eigenvalue weighted by Gasteiger charge is -2.21. The van der Waals surface area contributed by atoms with E-state index in [9.17, 15) is 19.2 Å². The molecule has 292 valence electrons. The maximum absolute atomic E-state index is 13.5. The van der Waals surface area contributed by atoms with Gasteiger partial charge in [-0.25, -0.2) is 4.98 Å². The van der Waals surface area contributed by atoms with Crippen LogP contribution in [0.15, 0.2) is 110 Å². The van der Waals surface area contributed by atoms with Gasteiger partial charge < -0.3 is 21.3 Å². The molecule has 3 aromatic carbocycles. The highest BCUT2D eigenvalue weighted by molar-refractivity contribution is 6.01. The molecule has 1 fully saturated rings. The Hall–Kier alpha value is -6.65. The zero-order valence-electron chi connectivity index (χ0n) is 31.9. The summed E-state index contributed by atoms with van der Waals surface area (Å²) in [7, 11) is 0. The van der Waals surface area contributed by atoms with E-state index in [0.29, 0.717) is 49.7 Å². The van der Waals surface area contributed by atoms with Gasteiger partial charge in [0.1, 0.15) is 18.4 Å². The summed E-state index contributed by atoms with van der Waals surface area (Å²) in [4.78, 5) is 54.2. The van der Waals surface area contributed by atoms with Crippen LogP contribution in [-0.2, 0) is 32.1 Å². The molecule has 4 amide bonds. The average Bonchev–Trinajstić information content (AvgIpc) is 3.69. The fourth-order valence-corrected chi connectivity index (χ4v) is 6.66. The van der Waals surface area contributed by atoms with Crippen molar-refractivity contribution in [1.82, 2.24) is 30.7 Å². The number of amides is 4. The second-order valence-electron chi connectivity index (χ2n) is 14.3. The van der Waals surface area contributed by atoms with Crippen LogP contribution in [-0.4, -0.2) is 58.0 Å². The van der Waals surface area contributed by atoms with Crippen molar-refractivity contribution in [3.05, 3.63) is 132 Å². The number of nitrogens with zero attached hydrogens (tertiary/aromatic N) is 4. The van der Waals surface area contributed by atoms with Gasteiger partial charge in [0.15, 0.2) is 0 Å². The molecule has 2 aromatic heterocycles. The first-order valence-corrected chi connectivity index (χ1v) is 19.3. The van der Waals surface area contributed by atoms with Crippen LogP contribution in [0, 0.1) is 17.2 Å². The number of piperidine rings is 1. The smallest absolute Gasteiger partial charge is 0.247 e. The molecule has 13 heteroatoms. The fraction of sp³-hybridized carbons (Fsp3) is 0.295. The summed E-state index contributed by atoms with van der Waals surface area (Å²) in [5.74, 6) is -0.295. The molecule has 5 aromatic rings. The number of nitriles is 1. The maximum Gasteiger partial charge on any atom is 0.247 e. The van der Waals surface area contributed by atoms with Crippen LogP contribution in [0.4, 0.5) is 11.5 Å². The van der Waals surface area contributed by atoms with Gasteiger partial charge in [0, 0.05) is 55.3 Å². The highest BCUT2D eigenvalue weighted by Crippen LogP contribution is 2.26. The molecular formula is C44H47N9O4. The van der Waals surface area contributed by atoms with Crippen LogP contribution < -0.4 is 26.6 Å². The topological polar surface area (TPSA) is 183 Å². The van der Waals surface area contributed by atoms with Crippen molar-refractivity contribution in [2.24, 2.45) is 5.92 Å². The van der Waals surface area contributed by atoms with Crippen LogP contribution in [0.1, 0.15) is 66.8 Å². The van der Waals surface area contributed by atoms with Gasteiger partial charge in [0.25, 0.3) is 0 Å². The van der Waals surface area contributed by atoms with E-state index in [1.807, 2.05) is 72.8 Å². The minimum Gasteiger partial charge on any atom is -0.385 e. The number of pyridine rings is 1. The number of anilines is 2. The average molecular weight is 766 g/mol. The standard InChI is InChI=1S/C44H47N9O4/c1-30(19-22-46-37-14-11-33(12-15-37)38-16-18-40(54)52-43(38)56)20-23-47-41(55)29-53-28-36(27-50-53)35-13-17-39(49-26-35)51-44(57)42(34-5-3-2-4-6-34)48-24-21-31-7-9-32(25-45)10-8-31/h2-15,17,26-28,30,38,42,46,48H,16,18-24,29H2,1H3,(H,47,55)(H,49,51,57)(H,52,54,56)/t30-,38?,42?/m1/s1. The van der Waals surface area contributed by atoms with Crippen LogP contribution in [0.5, 0.6) is 0 Å². The summed E-state index contributed by atoms with van der Waals surface area (Å²) in [6, 6.07) is 29.9. The second-order valence-corrected chi connectivity index (χ2v) is 14.3. The third kappa shape index (κ3) is 11.7. The molecule has 6 rings (SSSR count). The molecule has 1 aliphatic rings. The predicted octanol–water partition coefficient (Wildman–Crippen LogP) is 5.49. The largest absolute Gasteiger partial charge is 0.385 e. The quantitative estimate of drug-likeness (QED) is 0.0720. The minimum absolute atomic E-state index is 0.0887. The molecule has 13 nitrogen and oxygen atoms in total. The Morgan fingerprint density at radius 1 is 0.912 bits per heavy atom. The van der Waals surface area contributed by atoms with Crippen molar-refractivity contribution in [3.8, 4) is 17.2 Å². The Morgan fingerprint density at radius 2 is 1.68 bits per heavy atom. The van der Waals surface area contributed by atoms with Gasteiger partial charge in [0.2, 0.25) is 23.6 Å². The summed E-state index contributed by atoms with van der Waals surface area (Å²) >= 11 is 0. The second kappa shape index (κ2) is 19.8. The van der Waals surface area contributed by atoms with Crippen molar-refractivity contribution >= 4 is 35.1 Å². The first kappa shape index (κ1) is 40.0. The minimum atomic E-state index is -0.597. The molecule has 5 N–H and O–H groups in total. The number of nitrogens with one attached hydrogen (secondary N) is 5. The molecule has 0 saturated carbocycles. The number of carbonyl (C=O) groups is 4. The molecular weight excluding hydrogens is 719 g/mol. The molecule has 2 unspecified atom stereocenters. The van der Waals surface area contributed by atoms with Gasteiger partial charge in [-0.05, 0) is 84.7 Å². The Bertz CT molecular complexity index is 2160. The van der Waals surface area contributed by atoms with E-state index in [1.165, 1.54) is 0 Å². The van der Waals surface area contributed by atoms with Gasteiger partial charge in [0.05, 0.1) is 23.7 Å². The molecule has 0 spiro atoms. The number of carbonyl (C=O) groups excluding carboxylic acids is 4. The van der Waals surface area contributed by atoms with Crippen LogP contribution in [0.2, 0.25) is 0 Å². The SMILES string of the molecule is C[C@@H](CCNC(=O)Cn1cc(-c2ccc(NC(=O)C(NCCc3ccc(C#N)cc3)c3ccccc3)nc2)cn1)CCNc1ccc(C2CCC(=O)NC2=O)cc1. The maximum atomic E-state index is 13.5. The van der Waals surface area contributed by atoms with Crippen LogP contribution in [0.3, 0.4) is 0 Å². The predicted molar refractivity (Wildman–Crippen MR) is 218 cm³/mol. The number of hydrogen-bond donors (Lipinski definition) is 5. The van der Waals surface area contributed by atoms with E-state index in [2.05, 4.69) is 49.7 Å². The van der Waals surface area contributed by atoms with E-state index < -0.39 is 6.04 Å². The van der Waals surface area contributed by atoms with Crippen LogP contribution >= 0.6 is 0 Å². The monoisotopic (exact) mass is 765 g/mol. The summed E-state index contributed by atoms with van der Waals surface area (Å²) in [6.45, 7) is 4.14.